The Bertz CT molecular complexity index is 396. The molecule has 1 heterocycles. The topological polar surface area (TPSA) is 23.5 Å². The van der Waals surface area contributed by atoms with Crippen molar-refractivity contribution in [2.24, 2.45) is 0 Å². The van der Waals surface area contributed by atoms with Crippen LogP contribution in [0.4, 0.5) is 0 Å². The van der Waals surface area contributed by atoms with Crippen LogP contribution in [0, 0.1) is 0 Å². The molecule has 0 saturated carbocycles. The summed E-state index contributed by atoms with van der Waals surface area (Å²) in [7, 11) is 0. The van der Waals surface area contributed by atoms with Crippen LogP contribution in [0.5, 0.6) is 0 Å². The number of hydrogen-bond donors (Lipinski definition) is 1. The summed E-state index contributed by atoms with van der Waals surface area (Å²) >= 11 is 0. The molecular weight excluding hydrogens is 222 g/mol. The van der Waals surface area contributed by atoms with Crippen molar-refractivity contribution in [2.45, 2.75) is 50.7 Å². The second kappa shape index (κ2) is 5.41. The molecule has 2 aliphatic rings. The lowest BCUT2D eigenvalue weighted by molar-refractivity contribution is 0.0377. The number of aliphatic hydroxyl groups is 1. The van der Waals surface area contributed by atoms with Crippen molar-refractivity contribution >= 4 is 0 Å². The van der Waals surface area contributed by atoms with Gasteiger partial charge in [-0.3, -0.25) is 4.90 Å². The van der Waals surface area contributed by atoms with Crippen LogP contribution in [-0.2, 0) is 6.42 Å². The summed E-state index contributed by atoms with van der Waals surface area (Å²) in [4.78, 5) is 2.54. The Morgan fingerprint density at radius 1 is 1.00 bits per heavy atom. The molecular formula is C16H23NO. The zero-order valence-electron chi connectivity index (χ0n) is 11.0. The van der Waals surface area contributed by atoms with E-state index in [-0.39, 0.29) is 6.10 Å². The van der Waals surface area contributed by atoms with Crippen LogP contribution < -0.4 is 0 Å². The molecule has 0 spiro atoms. The molecule has 1 saturated heterocycles. The van der Waals surface area contributed by atoms with Gasteiger partial charge in [0, 0.05) is 6.04 Å². The molecule has 3 rings (SSSR count). The summed E-state index contributed by atoms with van der Waals surface area (Å²) in [6.45, 7) is 2.34. The van der Waals surface area contributed by atoms with Crippen molar-refractivity contribution in [1.29, 1.82) is 0 Å². The second-order valence-electron chi connectivity index (χ2n) is 5.70. The highest BCUT2D eigenvalue weighted by molar-refractivity contribution is 5.32. The molecule has 1 aliphatic heterocycles. The highest BCUT2D eigenvalue weighted by Gasteiger charge is 2.32. The molecule has 1 fully saturated rings. The predicted molar refractivity (Wildman–Crippen MR) is 73.6 cm³/mol. The average Bonchev–Trinajstić information content (AvgIpc) is 2.68. The zero-order chi connectivity index (χ0) is 12.4. The SMILES string of the molecule is OC1c2ccccc2CCC1N1CCCCCC1. The number of rotatable bonds is 1. The summed E-state index contributed by atoms with van der Waals surface area (Å²) in [5.74, 6) is 0. The summed E-state index contributed by atoms with van der Waals surface area (Å²) in [6.07, 6.45) is 7.25. The standard InChI is InChI=1S/C16H23NO/c18-16-14-8-4-3-7-13(14)9-10-15(16)17-11-5-1-2-6-12-17/h3-4,7-8,15-16,18H,1-2,5-6,9-12H2. The monoisotopic (exact) mass is 245 g/mol. The summed E-state index contributed by atoms with van der Waals surface area (Å²) in [6, 6.07) is 8.74. The molecule has 1 aliphatic carbocycles. The van der Waals surface area contributed by atoms with Gasteiger partial charge in [0.25, 0.3) is 0 Å². The van der Waals surface area contributed by atoms with Crippen LogP contribution >= 0.6 is 0 Å². The molecule has 2 atom stereocenters. The second-order valence-corrected chi connectivity index (χ2v) is 5.70. The summed E-state index contributed by atoms with van der Waals surface area (Å²) in [5, 5.41) is 10.6. The third-order valence-corrected chi connectivity index (χ3v) is 4.56. The first-order valence-electron chi connectivity index (χ1n) is 7.36. The number of aryl methyl sites for hydroxylation is 1. The normalized spacial score (nSPS) is 29.6. The molecule has 2 heteroatoms. The molecule has 2 nitrogen and oxygen atoms in total. The van der Waals surface area contributed by atoms with E-state index in [1.807, 2.05) is 6.07 Å². The van der Waals surface area contributed by atoms with E-state index < -0.39 is 0 Å². The lowest BCUT2D eigenvalue weighted by atomic mass is 9.85. The highest BCUT2D eigenvalue weighted by Crippen LogP contribution is 2.33. The van der Waals surface area contributed by atoms with E-state index in [2.05, 4.69) is 23.1 Å². The van der Waals surface area contributed by atoms with Gasteiger partial charge in [-0.2, -0.15) is 0 Å². The predicted octanol–water partition coefficient (Wildman–Crippen LogP) is 2.91. The van der Waals surface area contributed by atoms with Crippen LogP contribution in [0.25, 0.3) is 0 Å². The first-order chi connectivity index (χ1) is 8.86. The Morgan fingerprint density at radius 2 is 1.72 bits per heavy atom. The number of nitrogens with zero attached hydrogens (tertiary/aromatic N) is 1. The lowest BCUT2D eigenvalue weighted by Crippen LogP contribution is -2.42. The fourth-order valence-electron chi connectivity index (χ4n) is 3.53. The molecule has 1 N–H and O–H groups in total. The molecule has 0 bridgehead atoms. The van der Waals surface area contributed by atoms with Gasteiger partial charge < -0.3 is 5.11 Å². The average molecular weight is 245 g/mol. The molecule has 18 heavy (non-hydrogen) atoms. The largest absolute Gasteiger partial charge is 0.387 e. The molecule has 0 amide bonds. The molecule has 98 valence electrons. The van der Waals surface area contributed by atoms with E-state index in [0.717, 1.165) is 18.4 Å². The zero-order valence-corrected chi connectivity index (χ0v) is 11.0. The minimum Gasteiger partial charge on any atom is -0.387 e. The quantitative estimate of drug-likeness (QED) is 0.822. The van der Waals surface area contributed by atoms with Crippen molar-refractivity contribution in [3.63, 3.8) is 0 Å². The number of likely N-dealkylation sites (tertiary alicyclic amines) is 1. The Labute approximate surface area is 110 Å². The van der Waals surface area contributed by atoms with E-state index in [1.165, 1.54) is 44.3 Å². The minimum atomic E-state index is -0.284. The van der Waals surface area contributed by atoms with Gasteiger partial charge in [-0.15, -0.1) is 0 Å². The number of fused-ring (bicyclic) bond motifs is 1. The maximum absolute atomic E-state index is 10.6. The smallest absolute Gasteiger partial charge is 0.0947 e. The van der Waals surface area contributed by atoms with Crippen LogP contribution in [0.3, 0.4) is 0 Å². The first kappa shape index (κ1) is 12.2. The Balaban J connectivity index is 1.78. The molecule has 1 aromatic carbocycles. The van der Waals surface area contributed by atoms with Gasteiger partial charge in [0.15, 0.2) is 0 Å². The van der Waals surface area contributed by atoms with Crippen LogP contribution in [-0.4, -0.2) is 29.1 Å². The van der Waals surface area contributed by atoms with Gasteiger partial charge in [-0.25, -0.2) is 0 Å². The maximum atomic E-state index is 10.6. The maximum Gasteiger partial charge on any atom is 0.0947 e. The summed E-state index contributed by atoms with van der Waals surface area (Å²) in [5.41, 5.74) is 2.51. The molecule has 0 radical (unpaired) electrons. The van der Waals surface area contributed by atoms with Crippen LogP contribution in [0.1, 0.15) is 49.3 Å². The third kappa shape index (κ3) is 2.32. The van der Waals surface area contributed by atoms with Gasteiger partial charge in [0.2, 0.25) is 0 Å². The fourth-order valence-corrected chi connectivity index (χ4v) is 3.53. The van der Waals surface area contributed by atoms with Crippen molar-refractivity contribution in [2.75, 3.05) is 13.1 Å². The Hall–Kier alpha value is -0.860. The van der Waals surface area contributed by atoms with Crippen LogP contribution in [0.15, 0.2) is 24.3 Å². The van der Waals surface area contributed by atoms with Crippen molar-refractivity contribution in [3.05, 3.63) is 35.4 Å². The Morgan fingerprint density at radius 3 is 2.50 bits per heavy atom. The third-order valence-electron chi connectivity index (χ3n) is 4.56. The van der Waals surface area contributed by atoms with Gasteiger partial charge >= 0.3 is 0 Å². The van der Waals surface area contributed by atoms with Crippen molar-refractivity contribution in [1.82, 2.24) is 4.90 Å². The Kier molecular flexibility index (Phi) is 3.67. The van der Waals surface area contributed by atoms with E-state index >= 15 is 0 Å². The van der Waals surface area contributed by atoms with Gasteiger partial charge in [-0.1, -0.05) is 37.1 Å². The van der Waals surface area contributed by atoms with E-state index in [1.54, 1.807) is 0 Å². The van der Waals surface area contributed by atoms with Crippen molar-refractivity contribution < 1.29 is 5.11 Å². The highest BCUT2D eigenvalue weighted by atomic mass is 16.3. The first-order valence-corrected chi connectivity index (χ1v) is 7.36. The van der Waals surface area contributed by atoms with Gasteiger partial charge in [0.05, 0.1) is 6.10 Å². The van der Waals surface area contributed by atoms with Crippen LogP contribution in [0.2, 0.25) is 0 Å². The van der Waals surface area contributed by atoms with Gasteiger partial charge in [0.1, 0.15) is 0 Å². The van der Waals surface area contributed by atoms with E-state index in [0.29, 0.717) is 6.04 Å². The van der Waals surface area contributed by atoms with Crippen molar-refractivity contribution in [3.8, 4) is 0 Å². The minimum absolute atomic E-state index is 0.284. The van der Waals surface area contributed by atoms with E-state index in [9.17, 15) is 5.11 Å². The van der Waals surface area contributed by atoms with E-state index in [4.69, 9.17) is 0 Å². The molecule has 0 aromatic heterocycles. The lowest BCUT2D eigenvalue weighted by Gasteiger charge is -2.38. The fraction of sp³-hybridized carbons (Fsp3) is 0.625. The molecule has 2 unspecified atom stereocenters. The summed E-state index contributed by atoms with van der Waals surface area (Å²) < 4.78 is 0. The number of aliphatic hydroxyl groups excluding tert-OH is 1. The molecule has 1 aromatic rings. The number of benzene rings is 1. The van der Waals surface area contributed by atoms with Gasteiger partial charge in [-0.05, 0) is 49.9 Å². The number of hydrogen-bond acceptors (Lipinski definition) is 2.